The van der Waals surface area contributed by atoms with Crippen LogP contribution in [0.3, 0.4) is 0 Å². The minimum Gasteiger partial charge on any atom is -0.353 e. The summed E-state index contributed by atoms with van der Waals surface area (Å²) in [6.45, 7) is 2.71. The van der Waals surface area contributed by atoms with Crippen LogP contribution in [0.2, 0.25) is 0 Å². The van der Waals surface area contributed by atoms with E-state index < -0.39 is 0 Å². The van der Waals surface area contributed by atoms with E-state index in [0.717, 1.165) is 48.6 Å². The van der Waals surface area contributed by atoms with Crippen molar-refractivity contribution in [3.05, 3.63) is 77.6 Å². The van der Waals surface area contributed by atoms with Crippen molar-refractivity contribution in [1.82, 2.24) is 14.9 Å². The van der Waals surface area contributed by atoms with Gasteiger partial charge in [-0.2, -0.15) is 0 Å². The fraction of sp³-hybridized carbons (Fsp3) is 0.357. The Kier molecular flexibility index (Phi) is 6.65. The number of hydrogen-bond donors (Lipinski definition) is 0. The van der Waals surface area contributed by atoms with E-state index >= 15 is 0 Å². The number of aromatic nitrogens is 2. The van der Waals surface area contributed by atoms with Crippen LogP contribution in [0.5, 0.6) is 0 Å². The first-order chi connectivity index (χ1) is 16.7. The quantitative estimate of drug-likeness (QED) is 0.519. The second kappa shape index (κ2) is 10.2. The summed E-state index contributed by atoms with van der Waals surface area (Å²) in [6.07, 6.45) is 6.72. The van der Waals surface area contributed by atoms with Gasteiger partial charge in [0.05, 0.1) is 5.69 Å². The average molecular weight is 455 g/mol. The molecule has 1 aliphatic heterocycles. The fourth-order valence-electron chi connectivity index (χ4n) is 4.90. The molecule has 34 heavy (non-hydrogen) atoms. The predicted octanol–water partition coefficient (Wildman–Crippen LogP) is 4.33. The van der Waals surface area contributed by atoms with Crippen LogP contribution in [0.15, 0.2) is 60.9 Å². The van der Waals surface area contributed by atoms with E-state index in [1.165, 1.54) is 24.0 Å². The number of nitrogens with zero attached hydrogens (tertiary/aromatic N) is 4. The number of rotatable bonds is 6. The maximum absolute atomic E-state index is 12.8. The number of amides is 1. The van der Waals surface area contributed by atoms with Crippen molar-refractivity contribution in [1.29, 1.82) is 0 Å². The molecular formula is C28H30N4O2. The lowest BCUT2D eigenvalue weighted by molar-refractivity contribution is -0.131. The molecule has 0 bridgehead atoms. The lowest BCUT2D eigenvalue weighted by Crippen LogP contribution is -2.49. The average Bonchev–Trinajstić information content (AvgIpc) is 2.92. The summed E-state index contributed by atoms with van der Waals surface area (Å²) in [7, 11) is 0. The van der Waals surface area contributed by atoms with Gasteiger partial charge in [0.1, 0.15) is 12.1 Å². The van der Waals surface area contributed by atoms with Crippen LogP contribution >= 0.6 is 0 Å². The summed E-state index contributed by atoms with van der Waals surface area (Å²) in [4.78, 5) is 38.4. The van der Waals surface area contributed by atoms with Crippen molar-refractivity contribution in [2.75, 3.05) is 31.1 Å². The zero-order chi connectivity index (χ0) is 23.3. The van der Waals surface area contributed by atoms with Crippen LogP contribution in [0.1, 0.15) is 47.2 Å². The number of Topliss-reactive ketones (excluding diaryl/α,β-unsaturated/α-hetero) is 1. The Morgan fingerprint density at radius 1 is 0.794 bits per heavy atom. The van der Waals surface area contributed by atoms with Gasteiger partial charge >= 0.3 is 0 Å². The molecule has 3 aromatic rings. The summed E-state index contributed by atoms with van der Waals surface area (Å²) in [5, 5.41) is 0. The molecule has 174 valence electrons. The number of benzene rings is 2. The summed E-state index contributed by atoms with van der Waals surface area (Å²) >= 11 is 0. The molecule has 0 spiro atoms. The van der Waals surface area contributed by atoms with Gasteiger partial charge in [0.15, 0.2) is 5.78 Å². The fourth-order valence-corrected chi connectivity index (χ4v) is 4.90. The van der Waals surface area contributed by atoms with Crippen LogP contribution in [0.4, 0.5) is 5.82 Å². The largest absolute Gasteiger partial charge is 0.353 e. The molecule has 1 fully saturated rings. The Bertz CT molecular complexity index is 1170. The number of aryl methyl sites for hydroxylation is 2. The molecule has 0 saturated carbocycles. The molecule has 2 aromatic carbocycles. The summed E-state index contributed by atoms with van der Waals surface area (Å²) in [5.41, 5.74) is 5.38. The molecule has 1 aliphatic carbocycles. The zero-order valence-electron chi connectivity index (χ0n) is 19.4. The summed E-state index contributed by atoms with van der Waals surface area (Å²) < 4.78 is 0. The Hall–Kier alpha value is -3.54. The molecule has 5 rings (SSSR count). The summed E-state index contributed by atoms with van der Waals surface area (Å²) in [6, 6.07) is 18.1. The summed E-state index contributed by atoms with van der Waals surface area (Å²) in [5.74, 6) is 0.997. The molecule has 0 radical (unpaired) electrons. The SMILES string of the molecule is O=C(CCC(=O)N1CCN(c2cc(-c3ccccc3)ncn2)CC1)c1ccc2c(c1)CCCC2. The van der Waals surface area contributed by atoms with Crippen molar-refractivity contribution >= 4 is 17.5 Å². The lowest BCUT2D eigenvalue weighted by Gasteiger charge is -2.35. The zero-order valence-corrected chi connectivity index (χ0v) is 19.4. The molecule has 2 aliphatic rings. The minimum atomic E-state index is 0.0543. The number of carbonyl (C=O) groups excluding carboxylic acids is 2. The molecule has 2 heterocycles. The van der Waals surface area contributed by atoms with Crippen LogP contribution in [0.25, 0.3) is 11.3 Å². The number of anilines is 1. The number of carbonyl (C=O) groups is 2. The molecule has 6 nitrogen and oxygen atoms in total. The molecule has 0 N–H and O–H groups in total. The third-order valence-electron chi connectivity index (χ3n) is 6.91. The van der Waals surface area contributed by atoms with Crippen molar-refractivity contribution < 1.29 is 9.59 Å². The molecular weight excluding hydrogens is 424 g/mol. The topological polar surface area (TPSA) is 66.4 Å². The van der Waals surface area contributed by atoms with Crippen molar-refractivity contribution in [3.8, 4) is 11.3 Å². The van der Waals surface area contributed by atoms with E-state index in [0.29, 0.717) is 13.1 Å². The van der Waals surface area contributed by atoms with Gasteiger partial charge in [0.25, 0.3) is 0 Å². The van der Waals surface area contributed by atoms with Gasteiger partial charge in [-0.1, -0.05) is 42.5 Å². The first-order valence-electron chi connectivity index (χ1n) is 12.2. The number of piperazine rings is 1. The van der Waals surface area contributed by atoms with Gasteiger partial charge < -0.3 is 9.80 Å². The van der Waals surface area contributed by atoms with E-state index in [9.17, 15) is 9.59 Å². The van der Waals surface area contributed by atoms with Crippen molar-refractivity contribution in [3.63, 3.8) is 0 Å². The predicted molar refractivity (Wildman–Crippen MR) is 133 cm³/mol. The maximum atomic E-state index is 12.8. The van der Waals surface area contributed by atoms with Crippen molar-refractivity contribution in [2.24, 2.45) is 0 Å². The van der Waals surface area contributed by atoms with Gasteiger partial charge in [-0.3, -0.25) is 9.59 Å². The number of fused-ring (bicyclic) bond motifs is 1. The highest BCUT2D eigenvalue weighted by Crippen LogP contribution is 2.24. The van der Waals surface area contributed by atoms with Crippen LogP contribution < -0.4 is 4.90 Å². The monoisotopic (exact) mass is 454 g/mol. The molecule has 1 amide bonds. The van der Waals surface area contributed by atoms with E-state index in [1.807, 2.05) is 53.4 Å². The smallest absolute Gasteiger partial charge is 0.223 e. The lowest BCUT2D eigenvalue weighted by atomic mass is 9.89. The molecule has 6 heteroatoms. The highest BCUT2D eigenvalue weighted by Gasteiger charge is 2.23. The molecule has 0 unspecified atom stereocenters. The maximum Gasteiger partial charge on any atom is 0.223 e. The van der Waals surface area contributed by atoms with Crippen LogP contribution in [-0.4, -0.2) is 52.7 Å². The number of hydrogen-bond acceptors (Lipinski definition) is 5. The van der Waals surface area contributed by atoms with Crippen LogP contribution in [-0.2, 0) is 17.6 Å². The van der Waals surface area contributed by atoms with E-state index in [4.69, 9.17) is 0 Å². The highest BCUT2D eigenvalue weighted by molar-refractivity contribution is 5.98. The molecule has 1 aromatic heterocycles. The number of ketones is 1. The first kappa shape index (κ1) is 22.3. The van der Waals surface area contributed by atoms with Gasteiger partial charge in [0.2, 0.25) is 5.91 Å². The minimum absolute atomic E-state index is 0.0543. The third kappa shape index (κ3) is 5.01. The van der Waals surface area contributed by atoms with Gasteiger partial charge in [0, 0.05) is 56.2 Å². The Morgan fingerprint density at radius 3 is 2.35 bits per heavy atom. The van der Waals surface area contributed by atoms with E-state index in [2.05, 4.69) is 20.9 Å². The standard InChI is InChI=1S/C28H30N4O2/c33-26(24-11-10-21-6-4-5-9-23(21)18-24)12-13-28(34)32-16-14-31(15-17-32)27-19-25(29-20-30-27)22-7-2-1-3-8-22/h1-3,7-8,10-11,18-20H,4-6,9,12-17H2. The first-order valence-corrected chi connectivity index (χ1v) is 12.2. The van der Waals surface area contributed by atoms with E-state index in [1.54, 1.807) is 6.33 Å². The Labute approximate surface area is 200 Å². The molecule has 1 saturated heterocycles. The second-order valence-corrected chi connectivity index (χ2v) is 9.11. The van der Waals surface area contributed by atoms with Gasteiger partial charge in [-0.25, -0.2) is 9.97 Å². The van der Waals surface area contributed by atoms with Crippen molar-refractivity contribution in [2.45, 2.75) is 38.5 Å². The second-order valence-electron chi connectivity index (χ2n) is 9.11. The van der Waals surface area contributed by atoms with E-state index in [-0.39, 0.29) is 24.5 Å². The van der Waals surface area contributed by atoms with Crippen LogP contribution in [0, 0.1) is 0 Å². The molecule has 0 atom stereocenters. The highest BCUT2D eigenvalue weighted by atomic mass is 16.2. The van der Waals surface area contributed by atoms with Gasteiger partial charge in [-0.05, 0) is 42.9 Å². The Morgan fingerprint density at radius 2 is 1.56 bits per heavy atom. The normalized spacial score (nSPS) is 15.6. The van der Waals surface area contributed by atoms with Gasteiger partial charge in [-0.15, -0.1) is 0 Å². The Balaban J connectivity index is 1.13. The third-order valence-corrected chi connectivity index (χ3v) is 6.91.